The van der Waals surface area contributed by atoms with Gasteiger partial charge in [-0.2, -0.15) is 0 Å². The molecule has 1 aliphatic carbocycles. The Balaban J connectivity index is 0.00000176. The zero-order valence-corrected chi connectivity index (χ0v) is 15.6. The summed E-state index contributed by atoms with van der Waals surface area (Å²) < 4.78 is 13.3. The topological polar surface area (TPSA) is 36.4 Å². The molecule has 2 aliphatic rings. The number of nitrogens with zero attached hydrogens (tertiary/aromatic N) is 1. The minimum Gasteiger partial charge on any atom is -0.356 e. The lowest BCUT2D eigenvalue weighted by atomic mass is 9.78. The lowest BCUT2D eigenvalue weighted by Crippen LogP contribution is -2.46. The molecule has 3 rings (SSSR count). The van der Waals surface area contributed by atoms with Crippen molar-refractivity contribution >= 4 is 41.5 Å². The van der Waals surface area contributed by atoms with Gasteiger partial charge < -0.3 is 10.6 Å². The Bertz CT molecular complexity index is 544. The fourth-order valence-corrected chi connectivity index (χ4v) is 3.78. The molecule has 122 valence electrons. The van der Waals surface area contributed by atoms with E-state index in [0.717, 1.165) is 50.4 Å². The van der Waals surface area contributed by atoms with Crippen molar-refractivity contribution in [3.63, 3.8) is 0 Å². The lowest BCUT2D eigenvalue weighted by Gasteiger charge is -2.32. The Labute approximate surface area is 153 Å². The van der Waals surface area contributed by atoms with Crippen molar-refractivity contribution in [2.24, 2.45) is 4.99 Å². The van der Waals surface area contributed by atoms with Crippen LogP contribution in [-0.2, 0) is 5.41 Å². The van der Waals surface area contributed by atoms with Crippen LogP contribution in [0.25, 0.3) is 0 Å². The summed E-state index contributed by atoms with van der Waals surface area (Å²) in [6.07, 6.45) is 5.63. The molecule has 1 fully saturated rings. The average molecular weight is 438 g/mol. The molecule has 0 atom stereocenters. The van der Waals surface area contributed by atoms with Crippen molar-refractivity contribution in [1.82, 2.24) is 10.6 Å². The predicted molar refractivity (Wildman–Crippen MR) is 99.9 cm³/mol. The molecule has 0 bridgehead atoms. The first-order valence-electron chi connectivity index (χ1n) is 7.67. The smallest absolute Gasteiger partial charge is 0.191 e. The number of hydrogen-bond acceptors (Lipinski definition) is 3. The van der Waals surface area contributed by atoms with E-state index in [9.17, 15) is 4.39 Å². The van der Waals surface area contributed by atoms with Gasteiger partial charge in [0.2, 0.25) is 0 Å². The van der Waals surface area contributed by atoms with Crippen LogP contribution in [0.15, 0.2) is 23.2 Å². The molecule has 1 saturated carbocycles. The second-order valence-corrected chi connectivity index (χ2v) is 6.38. The van der Waals surface area contributed by atoms with Crippen molar-refractivity contribution in [3.05, 3.63) is 34.6 Å². The fourth-order valence-electron chi connectivity index (χ4n) is 3.42. The molecule has 1 aliphatic heterocycles. The molecular weight excluding hydrogens is 416 g/mol. The van der Waals surface area contributed by atoms with Crippen LogP contribution in [0.2, 0.25) is 5.02 Å². The first-order chi connectivity index (χ1) is 10.2. The molecule has 1 aromatic rings. The molecule has 2 N–H and O–H groups in total. The lowest BCUT2D eigenvalue weighted by molar-refractivity contribution is 0.430. The molecule has 1 heterocycles. The Hall–Kier alpha value is -0.560. The average Bonchev–Trinajstić information content (AvgIpc) is 2.96. The predicted octanol–water partition coefficient (Wildman–Crippen LogP) is 3.85. The van der Waals surface area contributed by atoms with Crippen LogP contribution in [0.1, 0.15) is 37.7 Å². The van der Waals surface area contributed by atoms with E-state index in [1.54, 1.807) is 0 Å². The molecule has 22 heavy (non-hydrogen) atoms. The monoisotopic (exact) mass is 437 g/mol. The van der Waals surface area contributed by atoms with Crippen LogP contribution >= 0.6 is 35.6 Å². The van der Waals surface area contributed by atoms with E-state index < -0.39 is 0 Å². The second-order valence-electron chi connectivity index (χ2n) is 5.98. The maximum Gasteiger partial charge on any atom is 0.191 e. The van der Waals surface area contributed by atoms with Crippen LogP contribution in [0.4, 0.5) is 4.39 Å². The quantitative estimate of drug-likeness (QED) is 0.705. The number of aliphatic imine (C=N–C) groups is 1. The number of rotatable bonds is 3. The Morgan fingerprint density at radius 1 is 1.27 bits per heavy atom. The van der Waals surface area contributed by atoms with Crippen LogP contribution < -0.4 is 10.6 Å². The highest BCUT2D eigenvalue weighted by Gasteiger charge is 2.37. The van der Waals surface area contributed by atoms with E-state index in [0.29, 0.717) is 5.02 Å². The molecular formula is C16H22ClFIN3. The van der Waals surface area contributed by atoms with E-state index in [1.165, 1.54) is 25.0 Å². The summed E-state index contributed by atoms with van der Waals surface area (Å²) in [6, 6.07) is 4.78. The third-order valence-electron chi connectivity index (χ3n) is 4.55. The van der Waals surface area contributed by atoms with Crippen molar-refractivity contribution < 1.29 is 4.39 Å². The minimum absolute atomic E-state index is 0. The third-order valence-corrected chi connectivity index (χ3v) is 4.87. The molecule has 0 spiro atoms. The zero-order valence-electron chi connectivity index (χ0n) is 12.5. The minimum atomic E-state index is -0.275. The number of hydrogen-bond donors (Lipinski definition) is 2. The highest BCUT2D eigenvalue weighted by molar-refractivity contribution is 14.0. The summed E-state index contributed by atoms with van der Waals surface area (Å²) in [6.45, 7) is 2.64. The normalized spacial score (nSPS) is 19.8. The standard InChI is InChI=1S/C16H21ClFN3.HI/c17-14-10-12(18)4-5-13(14)16(6-1-2-7-16)11-21-15-19-8-3-9-20-15;/h4-5,10H,1-3,6-9,11H2,(H2,19,20,21);1H. The Kier molecular flexibility index (Phi) is 6.32. The van der Waals surface area contributed by atoms with Crippen molar-refractivity contribution in [2.75, 3.05) is 19.6 Å². The van der Waals surface area contributed by atoms with Gasteiger partial charge in [-0.25, -0.2) is 4.39 Å². The van der Waals surface area contributed by atoms with Crippen LogP contribution in [0.5, 0.6) is 0 Å². The highest BCUT2D eigenvalue weighted by atomic mass is 127. The first-order valence-corrected chi connectivity index (χ1v) is 8.05. The van der Waals surface area contributed by atoms with Gasteiger partial charge in [0.05, 0.1) is 0 Å². The SMILES string of the molecule is Fc1ccc(C2(CNC3=NCCCN3)CCCC2)c(Cl)c1.I. The number of halogens is 3. The van der Waals surface area contributed by atoms with E-state index in [2.05, 4.69) is 15.6 Å². The van der Waals surface area contributed by atoms with Gasteiger partial charge in [-0.15, -0.1) is 24.0 Å². The van der Waals surface area contributed by atoms with Crippen molar-refractivity contribution in [3.8, 4) is 0 Å². The van der Waals surface area contributed by atoms with Gasteiger partial charge >= 0.3 is 0 Å². The van der Waals surface area contributed by atoms with Gasteiger partial charge in [-0.05, 0) is 37.0 Å². The summed E-state index contributed by atoms with van der Waals surface area (Å²) in [5, 5.41) is 7.25. The van der Waals surface area contributed by atoms with Gasteiger partial charge in [0, 0.05) is 30.1 Å². The molecule has 3 nitrogen and oxygen atoms in total. The summed E-state index contributed by atoms with van der Waals surface area (Å²) in [4.78, 5) is 4.45. The molecule has 0 amide bonds. The molecule has 0 radical (unpaired) electrons. The summed E-state index contributed by atoms with van der Waals surface area (Å²) >= 11 is 6.31. The summed E-state index contributed by atoms with van der Waals surface area (Å²) in [5.41, 5.74) is 1.05. The molecule has 0 aromatic heterocycles. The Morgan fingerprint density at radius 3 is 2.68 bits per heavy atom. The molecule has 1 aromatic carbocycles. The maximum atomic E-state index is 13.3. The van der Waals surface area contributed by atoms with Crippen molar-refractivity contribution in [1.29, 1.82) is 0 Å². The van der Waals surface area contributed by atoms with Crippen molar-refractivity contribution in [2.45, 2.75) is 37.5 Å². The number of benzene rings is 1. The van der Waals surface area contributed by atoms with E-state index in [1.807, 2.05) is 6.07 Å². The number of guanidine groups is 1. The van der Waals surface area contributed by atoms with E-state index in [-0.39, 0.29) is 35.2 Å². The van der Waals surface area contributed by atoms with Gasteiger partial charge in [-0.1, -0.05) is 30.5 Å². The first kappa shape index (κ1) is 17.8. The fraction of sp³-hybridized carbons (Fsp3) is 0.562. The van der Waals surface area contributed by atoms with E-state index >= 15 is 0 Å². The largest absolute Gasteiger partial charge is 0.356 e. The van der Waals surface area contributed by atoms with Gasteiger partial charge in [0.15, 0.2) is 5.96 Å². The second kappa shape index (κ2) is 7.81. The number of nitrogens with one attached hydrogen (secondary N) is 2. The van der Waals surface area contributed by atoms with E-state index in [4.69, 9.17) is 11.6 Å². The highest BCUT2D eigenvalue weighted by Crippen LogP contribution is 2.43. The molecule has 6 heteroatoms. The van der Waals surface area contributed by atoms with Crippen LogP contribution in [0, 0.1) is 5.82 Å². The molecule has 0 saturated heterocycles. The van der Waals surface area contributed by atoms with Gasteiger partial charge in [-0.3, -0.25) is 4.99 Å². The van der Waals surface area contributed by atoms with Gasteiger partial charge in [0.1, 0.15) is 5.82 Å². The maximum absolute atomic E-state index is 13.3. The van der Waals surface area contributed by atoms with Crippen LogP contribution in [-0.4, -0.2) is 25.6 Å². The summed E-state index contributed by atoms with van der Waals surface area (Å²) in [7, 11) is 0. The third kappa shape index (κ3) is 3.85. The summed E-state index contributed by atoms with van der Waals surface area (Å²) in [5.74, 6) is 0.605. The zero-order chi connectivity index (χ0) is 14.7. The Morgan fingerprint density at radius 2 is 2.05 bits per heavy atom. The van der Waals surface area contributed by atoms with Crippen LogP contribution in [0.3, 0.4) is 0 Å². The van der Waals surface area contributed by atoms with Gasteiger partial charge in [0.25, 0.3) is 0 Å². The molecule has 0 unspecified atom stereocenters.